The summed E-state index contributed by atoms with van der Waals surface area (Å²) in [6, 6.07) is 8.16. The van der Waals surface area contributed by atoms with E-state index in [1.807, 2.05) is 25.1 Å². The first-order valence-corrected chi connectivity index (χ1v) is 13.0. The number of rotatable bonds is 5. The zero-order valence-corrected chi connectivity index (χ0v) is 20.8. The summed E-state index contributed by atoms with van der Waals surface area (Å²) in [5, 5.41) is 0. The van der Waals surface area contributed by atoms with Crippen molar-refractivity contribution in [2.75, 3.05) is 0 Å². The zero-order chi connectivity index (χ0) is 24.8. The Morgan fingerprint density at radius 2 is 1.57 bits per heavy atom. The molecule has 4 atom stereocenters. The van der Waals surface area contributed by atoms with Gasteiger partial charge in [0.25, 0.3) is 0 Å². The van der Waals surface area contributed by atoms with Crippen molar-refractivity contribution < 1.29 is 13.2 Å². The maximum Gasteiger partial charge on any atom is 0.174 e. The van der Waals surface area contributed by atoms with Gasteiger partial charge in [0, 0.05) is 0 Å². The molecule has 2 fully saturated rings. The second-order valence-electron chi connectivity index (χ2n) is 10.1. The highest BCUT2D eigenvalue weighted by atomic mass is 19.2. The molecule has 0 saturated heterocycles. The number of hydrogen-bond donors (Lipinski definition) is 0. The molecule has 0 amide bonds. The van der Waals surface area contributed by atoms with Gasteiger partial charge in [-0.1, -0.05) is 48.3 Å². The van der Waals surface area contributed by atoms with Crippen LogP contribution in [0.5, 0.6) is 0 Å². The third kappa shape index (κ3) is 6.10. The Hall–Kier alpha value is -2.73. The van der Waals surface area contributed by atoms with Crippen molar-refractivity contribution in [3.05, 3.63) is 94.3 Å². The van der Waals surface area contributed by atoms with Gasteiger partial charge in [-0.25, -0.2) is 13.2 Å². The highest BCUT2D eigenvalue weighted by Crippen LogP contribution is 2.48. The van der Waals surface area contributed by atoms with Crippen molar-refractivity contribution in [1.82, 2.24) is 0 Å². The molecule has 35 heavy (non-hydrogen) atoms. The van der Waals surface area contributed by atoms with E-state index in [-0.39, 0.29) is 17.0 Å². The Balaban J connectivity index is 1.45. The lowest BCUT2D eigenvalue weighted by Crippen LogP contribution is -2.30. The fraction of sp³-hybridized carbons (Fsp3) is 0.438. The fourth-order valence-electron chi connectivity index (χ4n) is 6.00. The van der Waals surface area contributed by atoms with Gasteiger partial charge >= 0.3 is 0 Å². The summed E-state index contributed by atoms with van der Waals surface area (Å²) < 4.78 is 44.5. The average Bonchev–Trinajstić information content (AvgIpc) is 2.86. The van der Waals surface area contributed by atoms with Gasteiger partial charge in [-0.2, -0.15) is 0 Å². The Labute approximate surface area is 208 Å². The molecule has 184 valence electrons. The molecule has 2 aliphatic rings. The Morgan fingerprint density at radius 3 is 2.34 bits per heavy atom. The lowest BCUT2D eigenvalue weighted by Gasteiger charge is -2.41. The first kappa shape index (κ1) is 25.4. The molecule has 0 bridgehead atoms. The van der Waals surface area contributed by atoms with Gasteiger partial charge in [-0.15, -0.1) is 0 Å². The minimum atomic E-state index is -0.919. The summed E-state index contributed by atoms with van der Waals surface area (Å²) in [6.07, 6.45) is 16.6. The largest absolute Gasteiger partial charge is 0.206 e. The molecule has 2 saturated carbocycles. The van der Waals surface area contributed by atoms with Crippen LogP contribution in [0.3, 0.4) is 0 Å². The standard InChI is InChI=1S/C32H35F3/c1-3-5-6-8-23-9-11-24(30(33)20-23)13-14-25-17-18-29(32(35)31(25)34)28-16-15-26-19-22(7-4-2)10-12-27(26)21-28/h3-5,7,9,11,17-18,20,22,26-28H,6,8,10,12,15-16,19,21H2,1-2H3/b5-3+,7-4+. The number of hydrogen-bond acceptors (Lipinski definition) is 0. The minimum Gasteiger partial charge on any atom is -0.206 e. The fourth-order valence-corrected chi connectivity index (χ4v) is 6.00. The van der Waals surface area contributed by atoms with Crippen molar-refractivity contribution in [2.24, 2.45) is 17.8 Å². The van der Waals surface area contributed by atoms with Crippen LogP contribution in [0.2, 0.25) is 0 Å². The Kier molecular flexibility index (Phi) is 8.55. The van der Waals surface area contributed by atoms with Gasteiger partial charge in [-0.3, -0.25) is 0 Å². The highest BCUT2D eigenvalue weighted by molar-refractivity contribution is 5.46. The molecule has 0 nitrogen and oxygen atoms in total. The van der Waals surface area contributed by atoms with E-state index >= 15 is 4.39 Å². The first-order valence-electron chi connectivity index (χ1n) is 13.0. The lowest BCUT2D eigenvalue weighted by atomic mass is 9.64. The van der Waals surface area contributed by atoms with Gasteiger partial charge in [0.05, 0.1) is 11.1 Å². The molecule has 4 rings (SSSR count). The van der Waals surface area contributed by atoms with Crippen LogP contribution in [0.15, 0.2) is 54.6 Å². The topological polar surface area (TPSA) is 0 Å². The number of fused-ring (bicyclic) bond motifs is 1. The van der Waals surface area contributed by atoms with E-state index in [0.29, 0.717) is 23.3 Å². The van der Waals surface area contributed by atoms with Gasteiger partial charge in [-0.05, 0) is 118 Å². The van der Waals surface area contributed by atoms with Crippen LogP contribution >= 0.6 is 0 Å². The number of benzene rings is 2. The second kappa shape index (κ2) is 11.8. The predicted octanol–water partition coefficient (Wildman–Crippen LogP) is 8.89. The van der Waals surface area contributed by atoms with Gasteiger partial charge < -0.3 is 0 Å². The molecule has 4 unspecified atom stereocenters. The monoisotopic (exact) mass is 476 g/mol. The average molecular weight is 477 g/mol. The van der Waals surface area contributed by atoms with Crippen LogP contribution in [0.4, 0.5) is 13.2 Å². The maximum absolute atomic E-state index is 15.1. The van der Waals surface area contributed by atoms with Crippen molar-refractivity contribution in [3.8, 4) is 11.8 Å². The van der Waals surface area contributed by atoms with E-state index in [1.165, 1.54) is 25.3 Å². The van der Waals surface area contributed by atoms with Gasteiger partial charge in [0.2, 0.25) is 0 Å². The van der Waals surface area contributed by atoms with Gasteiger partial charge in [0.1, 0.15) is 5.82 Å². The number of halogens is 3. The molecule has 0 radical (unpaired) electrons. The van der Waals surface area contributed by atoms with Crippen LogP contribution in [0.25, 0.3) is 0 Å². The number of allylic oxidation sites excluding steroid dienone is 4. The second-order valence-corrected chi connectivity index (χ2v) is 10.1. The molecule has 2 aliphatic carbocycles. The molecular weight excluding hydrogens is 441 g/mol. The summed E-state index contributed by atoms with van der Waals surface area (Å²) in [7, 11) is 0. The van der Waals surface area contributed by atoms with E-state index in [0.717, 1.165) is 37.7 Å². The smallest absolute Gasteiger partial charge is 0.174 e. The Morgan fingerprint density at radius 1 is 0.829 bits per heavy atom. The summed E-state index contributed by atoms with van der Waals surface area (Å²) in [5.41, 5.74) is 1.52. The molecule has 0 aliphatic heterocycles. The maximum atomic E-state index is 15.1. The molecule has 0 spiro atoms. The third-order valence-corrected chi connectivity index (χ3v) is 7.87. The van der Waals surface area contributed by atoms with Crippen LogP contribution < -0.4 is 0 Å². The van der Waals surface area contributed by atoms with E-state index in [9.17, 15) is 8.78 Å². The minimum absolute atomic E-state index is 0.0247. The number of aryl methyl sites for hydroxylation is 1. The molecule has 3 heteroatoms. The van der Waals surface area contributed by atoms with E-state index in [2.05, 4.69) is 30.9 Å². The third-order valence-electron chi connectivity index (χ3n) is 7.87. The predicted molar refractivity (Wildman–Crippen MR) is 138 cm³/mol. The molecule has 0 N–H and O–H groups in total. The van der Waals surface area contributed by atoms with Gasteiger partial charge in [0.15, 0.2) is 11.6 Å². The Bertz CT molecular complexity index is 1150. The van der Waals surface area contributed by atoms with E-state index < -0.39 is 17.5 Å². The zero-order valence-electron chi connectivity index (χ0n) is 20.8. The highest BCUT2D eigenvalue weighted by Gasteiger charge is 2.36. The summed E-state index contributed by atoms with van der Waals surface area (Å²) in [5.74, 6) is 5.22. The van der Waals surface area contributed by atoms with E-state index in [4.69, 9.17) is 0 Å². The van der Waals surface area contributed by atoms with Crippen molar-refractivity contribution in [2.45, 2.75) is 71.1 Å². The molecule has 2 aromatic rings. The molecule has 0 heterocycles. The normalized spacial score (nSPS) is 24.4. The first-order chi connectivity index (χ1) is 17.0. The van der Waals surface area contributed by atoms with Crippen molar-refractivity contribution in [1.29, 1.82) is 0 Å². The van der Waals surface area contributed by atoms with Crippen LogP contribution in [0.1, 0.15) is 87.0 Å². The SMILES string of the molecule is C/C=C/CCc1ccc(C#Cc2ccc(C3CCC4CC(/C=C/C)CCC4C3)c(F)c2F)c(F)c1. The molecular formula is C32H35F3. The van der Waals surface area contributed by atoms with E-state index in [1.54, 1.807) is 18.2 Å². The summed E-state index contributed by atoms with van der Waals surface area (Å²) in [4.78, 5) is 0. The molecule has 0 aromatic heterocycles. The van der Waals surface area contributed by atoms with Crippen LogP contribution in [0, 0.1) is 47.0 Å². The summed E-state index contributed by atoms with van der Waals surface area (Å²) in [6.45, 7) is 4.03. The van der Waals surface area contributed by atoms with Crippen LogP contribution in [-0.4, -0.2) is 0 Å². The molecule has 2 aromatic carbocycles. The van der Waals surface area contributed by atoms with Crippen molar-refractivity contribution in [3.63, 3.8) is 0 Å². The summed E-state index contributed by atoms with van der Waals surface area (Å²) >= 11 is 0. The quantitative estimate of drug-likeness (QED) is 0.299. The lowest BCUT2D eigenvalue weighted by molar-refractivity contribution is 0.132. The van der Waals surface area contributed by atoms with Crippen molar-refractivity contribution >= 4 is 0 Å². The van der Waals surface area contributed by atoms with Crippen LogP contribution in [-0.2, 0) is 6.42 Å².